The lowest BCUT2D eigenvalue weighted by Gasteiger charge is -2.40. The molecule has 0 bridgehead atoms. The molecule has 0 aromatic heterocycles. The van der Waals surface area contributed by atoms with Crippen LogP contribution in [-0.2, 0) is 42.9 Å². The molecule has 1 saturated heterocycles. The summed E-state index contributed by atoms with van der Waals surface area (Å²) < 4.78 is 28.4. The Hall–Kier alpha value is -3.06. The normalized spacial score (nSPS) is 18.5. The van der Waals surface area contributed by atoms with Crippen LogP contribution in [0, 0.1) is 0 Å². The predicted molar refractivity (Wildman–Crippen MR) is 294 cm³/mol. The minimum Gasteiger partial charge on any atom is -0.479 e. The van der Waals surface area contributed by atoms with E-state index in [0.29, 0.717) is 19.3 Å². The van der Waals surface area contributed by atoms with Crippen molar-refractivity contribution >= 4 is 23.9 Å². The molecule has 0 radical (unpaired) electrons. The number of aliphatic hydroxyl groups excluding tert-OH is 2. The third-order valence-corrected chi connectivity index (χ3v) is 13.7. The Morgan fingerprint density at radius 3 is 1.27 bits per heavy atom. The molecule has 1 aliphatic rings. The molecule has 0 aromatic carbocycles. The number of carbonyl (C=O) groups excluding carboxylic acids is 3. The number of rotatable bonds is 51. The van der Waals surface area contributed by atoms with E-state index < -0.39 is 67.3 Å². The summed E-state index contributed by atoms with van der Waals surface area (Å²) in [6.07, 6.45) is 45.5. The predicted octanol–water partition coefficient (Wildman–Crippen LogP) is 15.2. The highest BCUT2D eigenvalue weighted by Crippen LogP contribution is 2.26. The SMILES string of the molecule is CCCCC/C=C\C/C=C\CCCCCCCC(=O)OCC(COC1OC(C(=O)O)C(O)C(O)C1OC(=O)CCCCCCCCCCC/C=C\CCCCCCCC)OC(=O)CCCCCCCCCCC. The molecule has 0 aliphatic carbocycles. The van der Waals surface area contributed by atoms with E-state index in [1.807, 2.05) is 0 Å². The molecule has 0 aromatic rings. The molecule has 0 spiro atoms. The van der Waals surface area contributed by atoms with Crippen LogP contribution in [0.15, 0.2) is 36.5 Å². The van der Waals surface area contributed by atoms with Gasteiger partial charge in [-0.2, -0.15) is 0 Å². The van der Waals surface area contributed by atoms with Crippen molar-refractivity contribution in [3.8, 4) is 0 Å². The second-order valence-electron chi connectivity index (χ2n) is 20.6. The molecular formula is C61H108O12. The number of aliphatic carboxylic acids is 1. The number of ether oxygens (including phenoxy) is 5. The number of allylic oxidation sites excluding steroid dienone is 6. The molecule has 424 valence electrons. The van der Waals surface area contributed by atoms with Gasteiger partial charge in [-0.15, -0.1) is 0 Å². The van der Waals surface area contributed by atoms with Crippen molar-refractivity contribution in [3.05, 3.63) is 36.5 Å². The second-order valence-corrected chi connectivity index (χ2v) is 20.6. The maximum Gasteiger partial charge on any atom is 0.335 e. The number of carboxylic acids is 1. The molecule has 1 aliphatic heterocycles. The Bertz CT molecular complexity index is 1410. The van der Waals surface area contributed by atoms with Gasteiger partial charge in [0.2, 0.25) is 0 Å². The van der Waals surface area contributed by atoms with Gasteiger partial charge in [0, 0.05) is 19.3 Å². The summed E-state index contributed by atoms with van der Waals surface area (Å²) in [5.74, 6) is -3.12. The number of unbranched alkanes of at least 4 members (excludes halogenated alkanes) is 31. The fourth-order valence-electron chi connectivity index (χ4n) is 9.04. The molecule has 0 saturated carbocycles. The molecular weight excluding hydrogens is 925 g/mol. The Balaban J connectivity index is 2.62. The Morgan fingerprint density at radius 1 is 0.452 bits per heavy atom. The zero-order valence-corrected chi connectivity index (χ0v) is 46.6. The van der Waals surface area contributed by atoms with Crippen LogP contribution in [0.2, 0.25) is 0 Å². The fraction of sp³-hybridized carbons (Fsp3) is 0.836. The maximum absolute atomic E-state index is 13.1. The lowest BCUT2D eigenvalue weighted by molar-refractivity contribution is -0.301. The number of hydrogen-bond donors (Lipinski definition) is 3. The van der Waals surface area contributed by atoms with Gasteiger partial charge in [-0.3, -0.25) is 14.4 Å². The second kappa shape index (κ2) is 49.8. The summed E-state index contributed by atoms with van der Waals surface area (Å²) in [5.41, 5.74) is 0. The van der Waals surface area contributed by atoms with Crippen LogP contribution in [0.5, 0.6) is 0 Å². The fourth-order valence-corrected chi connectivity index (χ4v) is 9.04. The van der Waals surface area contributed by atoms with E-state index in [2.05, 4.69) is 57.2 Å². The summed E-state index contributed by atoms with van der Waals surface area (Å²) in [5, 5.41) is 31.5. The molecule has 1 rings (SSSR count). The summed E-state index contributed by atoms with van der Waals surface area (Å²) in [6, 6.07) is 0. The Labute approximate surface area is 444 Å². The molecule has 6 unspecified atom stereocenters. The van der Waals surface area contributed by atoms with E-state index in [1.54, 1.807) is 0 Å². The number of aliphatic hydroxyl groups is 2. The van der Waals surface area contributed by atoms with Crippen molar-refractivity contribution in [2.24, 2.45) is 0 Å². The van der Waals surface area contributed by atoms with Crippen molar-refractivity contribution in [2.45, 2.75) is 314 Å². The van der Waals surface area contributed by atoms with Gasteiger partial charge in [-0.25, -0.2) is 4.79 Å². The quantitative estimate of drug-likeness (QED) is 0.0228. The largest absolute Gasteiger partial charge is 0.479 e. The van der Waals surface area contributed by atoms with Gasteiger partial charge in [0.15, 0.2) is 24.6 Å². The highest BCUT2D eigenvalue weighted by molar-refractivity contribution is 5.74. The average molecular weight is 1030 g/mol. The molecule has 73 heavy (non-hydrogen) atoms. The number of carbonyl (C=O) groups is 4. The van der Waals surface area contributed by atoms with Crippen molar-refractivity contribution < 1.29 is 58.2 Å². The van der Waals surface area contributed by atoms with E-state index in [9.17, 15) is 34.5 Å². The average Bonchev–Trinajstić information content (AvgIpc) is 3.37. The summed E-state index contributed by atoms with van der Waals surface area (Å²) in [4.78, 5) is 51.0. The topological polar surface area (TPSA) is 175 Å². The third kappa shape index (κ3) is 39.9. The molecule has 12 nitrogen and oxygen atoms in total. The number of hydrogen-bond acceptors (Lipinski definition) is 11. The minimum atomic E-state index is -1.90. The van der Waals surface area contributed by atoms with Crippen molar-refractivity contribution in [1.29, 1.82) is 0 Å². The van der Waals surface area contributed by atoms with Crippen LogP contribution in [0.4, 0.5) is 0 Å². The van der Waals surface area contributed by atoms with E-state index in [4.69, 9.17) is 23.7 Å². The van der Waals surface area contributed by atoms with E-state index in [1.165, 1.54) is 122 Å². The lowest BCUT2D eigenvalue weighted by Crippen LogP contribution is -2.61. The first-order chi connectivity index (χ1) is 35.6. The minimum absolute atomic E-state index is 0.0600. The summed E-state index contributed by atoms with van der Waals surface area (Å²) >= 11 is 0. The third-order valence-electron chi connectivity index (χ3n) is 13.7. The molecule has 3 N–H and O–H groups in total. The zero-order chi connectivity index (χ0) is 53.3. The van der Waals surface area contributed by atoms with Gasteiger partial charge in [-0.1, -0.05) is 218 Å². The van der Waals surface area contributed by atoms with Gasteiger partial charge in [-0.05, 0) is 77.0 Å². The molecule has 12 heteroatoms. The van der Waals surface area contributed by atoms with E-state index in [0.717, 1.165) is 96.3 Å². The molecule has 6 atom stereocenters. The van der Waals surface area contributed by atoms with Gasteiger partial charge < -0.3 is 39.0 Å². The van der Waals surface area contributed by atoms with Gasteiger partial charge in [0.25, 0.3) is 0 Å². The van der Waals surface area contributed by atoms with Gasteiger partial charge >= 0.3 is 23.9 Å². The van der Waals surface area contributed by atoms with Crippen LogP contribution in [0.25, 0.3) is 0 Å². The lowest BCUT2D eigenvalue weighted by atomic mass is 9.98. The van der Waals surface area contributed by atoms with Crippen molar-refractivity contribution in [3.63, 3.8) is 0 Å². The van der Waals surface area contributed by atoms with Crippen LogP contribution in [0.1, 0.15) is 278 Å². The number of esters is 3. The monoisotopic (exact) mass is 1030 g/mol. The first-order valence-electron chi connectivity index (χ1n) is 30.0. The molecule has 1 fully saturated rings. The zero-order valence-electron chi connectivity index (χ0n) is 46.6. The van der Waals surface area contributed by atoms with Crippen LogP contribution < -0.4 is 0 Å². The number of carboxylic acid groups (broad SMARTS) is 1. The standard InChI is InChI=1S/C61H108O12/c1-4-7-10-13-16-19-21-23-25-26-27-28-30-32-34-37-40-43-46-49-55(64)72-59-57(66)56(65)58(60(67)68)73-61(59)70-51-52(71-54(63)48-45-42-39-35-18-15-12-9-6-3)50-69-53(62)47-44-41-38-36-33-31-29-24-22-20-17-14-11-8-5-2/h17,20,23-25,29,52,56-59,61,65-66H,4-16,18-19,21-22,26-28,30-51H2,1-3H3,(H,67,68)/b20-17-,25-23-,29-24-. The molecule has 1 heterocycles. The van der Waals surface area contributed by atoms with Crippen LogP contribution in [0.3, 0.4) is 0 Å². The summed E-state index contributed by atoms with van der Waals surface area (Å²) in [7, 11) is 0. The van der Waals surface area contributed by atoms with Crippen molar-refractivity contribution in [2.75, 3.05) is 13.2 Å². The van der Waals surface area contributed by atoms with Gasteiger partial charge in [0.1, 0.15) is 18.8 Å². The van der Waals surface area contributed by atoms with E-state index >= 15 is 0 Å². The smallest absolute Gasteiger partial charge is 0.335 e. The van der Waals surface area contributed by atoms with Gasteiger partial charge in [0.05, 0.1) is 6.61 Å². The van der Waals surface area contributed by atoms with Crippen molar-refractivity contribution in [1.82, 2.24) is 0 Å². The van der Waals surface area contributed by atoms with E-state index in [-0.39, 0.29) is 25.9 Å². The Kier molecular flexibility index (Phi) is 46.4. The molecule has 0 amide bonds. The Morgan fingerprint density at radius 2 is 0.822 bits per heavy atom. The first-order valence-corrected chi connectivity index (χ1v) is 30.0. The maximum atomic E-state index is 13.1. The summed E-state index contributed by atoms with van der Waals surface area (Å²) in [6.45, 7) is 5.94. The first kappa shape index (κ1) is 68.0. The van der Waals surface area contributed by atoms with Crippen LogP contribution >= 0.6 is 0 Å². The van der Waals surface area contributed by atoms with Crippen LogP contribution in [-0.4, -0.2) is 89.2 Å². The highest BCUT2D eigenvalue weighted by atomic mass is 16.7. The highest BCUT2D eigenvalue weighted by Gasteiger charge is 2.50.